The minimum atomic E-state index is -0.980. The molecule has 6 heteroatoms. The van der Waals surface area contributed by atoms with E-state index >= 15 is 0 Å². The fraction of sp³-hybridized carbons (Fsp3) is 0.381. The maximum absolute atomic E-state index is 14.8. The molecule has 1 fully saturated rings. The summed E-state index contributed by atoms with van der Waals surface area (Å²) in [6, 6.07) is 11.9. The van der Waals surface area contributed by atoms with Crippen molar-refractivity contribution >= 4 is 11.0 Å². The maximum Gasteiger partial charge on any atom is 0.323 e. The Morgan fingerprint density at radius 1 is 1.04 bits per heavy atom. The van der Waals surface area contributed by atoms with Gasteiger partial charge in [0.2, 0.25) is 0 Å². The van der Waals surface area contributed by atoms with Crippen LogP contribution in [0.25, 0.3) is 11.0 Å². The van der Waals surface area contributed by atoms with Crippen molar-refractivity contribution in [1.82, 2.24) is 14.9 Å². The molecule has 1 saturated heterocycles. The number of aromatic amines is 2. The van der Waals surface area contributed by atoms with Crippen molar-refractivity contribution < 1.29 is 8.78 Å². The number of hydrogen-bond donors (Lipinski definition) is 2. The number of rotatable bonds is 3. The first-order chi connectivity index (χ1) is 12.9. The van der Waals surface area contributed by atoms with E-state index in [4.69, 9.17) is 0 Å². The zero-order chi connectivity index (χ0) is 19.1. The Hall–Kier alpha value is -2.47. The number of benzene rings is 2. The fourth-order valence-corrected chi connectivity index (χ4v) is 4.64. The molecule has 0 saturated carbocycles. The van der Waals surface area contributed by atoms with Crippen molar-refractivity contribution in [3.8, 4) is 0 Å². The smallest absolute Gasteiger partial charge is 0.306 e. The van der Waals surface area contributed by atoms with Crippen molar-refractivity contribution in [2.24, 2.45) is 11.8 Å². The molecule has 27 heavy (non-hydrogen) atoms. The lowest BCUT2D eigenvalue weighted by molar-refractivity contribution is 0.108. The molecule has 2 unspecified atom stereocenters. The lowest BCUT2D eigenvalue weighted by atomic mass is 9.75. The van der Waals surface area contributed by atoms with Crippen LogP contribution in [-0.2, 0) is 6.54 Å². The minimum Gasteiger partial charge on any atom is -0.306 e. The fourth-order valence-electron chi connectivity index (χ4n) is 4.64. The number of aromatic nitrogens is 2. The summed E-state index contributed by atoms with van der Waals surface area (Å²) >= 11 is 0. The number of fused-ring (bicyclic) bond motifs is 1. The summed E-state index contributed by atoms with van der Waals surface area (Å²) in [5, 5.41) is 0. The van der Waals surface area contributed by atoms with E-state index in [2.05, 4.69) is 40.8 Å². The van der Waals surface area contributed by atoms with Gasteiger partial charge in [-0.3, -0.25) is 4.90 Å². The molecule has 4 rings (SSSR count). The van der Waals surface area contributed by atoms with Crippen molar-refractivity contribution in [3.05, 3.63) is 69.6 Å². The Kier molecular flexibility index (Phi) is 4.60. The maximum atomic E-state index is 14.8. The van der Waals surface area contributed by atoms with Crippen LogP contribution in [0.3, 0.4) is 0 Å². The number of nitrogens with one attached hydrogen (secondary N) is 2. The molecule has 4 nitrogen and oxygen atoms in total. The summed E-state index contributed by atoms with van der Waals surface area (Å²) < 4.78 is 29.3. The SMILES string of the molecule is CC1CN(Cc2ccccc2)CC(C)C1c1cc2[nH]c(=O)[nH]c2c(F)c1F. The molecule has 0 spiro atoms. The third kappa shape index (κ3) is 3.30. The largest absolute Gasteiger partial charge is 0.323 e. The summed E-state index contributed by atoms with van der Waals surface area (Å²) in [7, 11) is 0. The standard InChI is InChI=1S/C21H23F2N3O/c1-12-9-26(11-14-6-4-3-5-7-14)10-13(2)17(12)15-8-16-20(19(23)18(15)22)25-21(27)24-16/h3-8,12-13,17H,9-11H2,1-2H3,(H2,24,25,27). The van der Waals surface area contributed by atoms with Crippen LogP contribution in [0.2, 0.25) is 0 Å². The summed E-state index contributed by atoms with van der Waals surface area (Å²) in [5.41, 5.74) is 1.30. The third-order valence-electron chi connectivity index (χ3n) is 5.65. The summed E-state index contributed by atoms with van der Waals surface area (Å²) in [6.45, 7) is 6.64. The number of piperidine rings is 1. The number of imidazole rings is 1. The molecule has 0 amide bonds. The zero-order valence-corrected chi connectivity index (χ0v) is 15.4. The first-order valence-corrected chi connectivity index (χ1v) is 9.30. The summed E-state index contributed by atoms with van der Waals surface area (Å²) in [4.78, 5) is 18.7. The Labute approximate surface area is 156 Å². The van der Waals surface area contributed by atoms with Gasteiger partial charge in [-0.15, -0.1) is 0 Å². The van der Waals surface area contributed by atoms with Crippen molar-refractivity contribution in [2.75, 3.05) is 13.1 Å². The van der Waals surface area contributed by atoms with Crippen LogP contribution in [0.15, 0.2) is 41.2 Å². The van der Waals surface area contributed by atoms with E-state index in [0.717, 1.165) is 19.6 Å². The highest BCUT2D eigenvalue weighted by Crippen LogP contribution is 2.40. The molecular weight excluding hydrogens is 348 g/mol. The average molecular weight is 371 g/mol. The second-order valence-electron chi connectivity index (χ2n) is 7.76. The molecule has 0 radical (unpaired) electrons. The van der Waals surface area contributed by atoms with Crippen molar-refractivity contribution in [1.29, 1.82) is 0 Å². The van der Waals surface area contributed by atoms with Crippen LogP contribution >= 0.6 is 0 Å². The summed E-state index contributed by atoms with van der Waals surface area (Å²) in [5.74, 6) is -1.61. The molecule has 0 bridgehead atoms. The highest BCUT2D eigenvalue weighted by atomic mass is 19.2. The molecule has 2 heterocycles. The van der Waals surface area contributed by atoms with Crippen molar-refractivity contribution in [2.45, 2.75) is 26.3 Å². The Morgan fingerprint density at radius 2 is 1.70 bits per heavy atom. The van der Waals surface area contributed by atoms with Crippen LogP contribution < -0.4 is 5.69 Å². The van der Waals surface area contributed by atoms with E-state index in [0.29, 0.717) is 11.1 Å². The van der Waals surface area contributed by atoms with E-state index in [9.17, 15) is 13.6 Å². The van der Waals surface area contributed by atoms with E-state index < -0.39 is 17.3 Å². The molecule has 1 aliphatic rings. The van der Waals surface area contributed by atoms with Crippen LogP contribution in [0.1, 0.15) is 30.9 Å². The normalized spacial score (nSPS) is 23.8. The van der Waals surface area contributed by atoms with Gasteiger partial charge in [-0.05, 0) is 34.9 Å². The molecule has 1 aliphatic heterocycles. The first kappa shape index (κ1) is 17.9. The number of likely N-dealkylation sites (tertiary alicyclic amines) is 1. The topological polar surface area (TPSA) is 51.9 Å². The van der Waals surface area contributed by atoms with E-state index in [1.54, 1.807) is 6.07 Å². The lowest BCUT2D eigenvalue weighted by Crippen LogP contribution is -2.43. The minimum absolute atomic E-state index is 0.0944. The third-order valence-corrected chi connectivity index (χ3v) is 5.65. The van der Waals surface area contributed by atoms with E-state index in [1.807, 2.05) is 18.2 Å². The first-order valence-electron chi connectivity index (χ1n) is 9.30. The molecular formula is C21H23F2N3O. The highest BCUT2D eigenvalue weighted by molar-refractivity contribution is 5.76. The molecule has 2 atom stereocenters. The molecule has 2 aromatic carbocycles. The predicted octanol–water partition coefficient (Wildman–Crippen LogP) is 4.01. The van der Waals surface area contributed by atoms with Gasteiger partial charge >= 0.3 is 5.69 Å². The molecule has 1 aromatic heterocycles. The van der Waals surface area contributed by atoms with Crippen LogP contribution in [-0.4, -0.2) is 28.0 Å². The number of H-pyrrole nitrogens is 2. The average Bonchev–Trinajstić information content (AvgIpc) is 3.00. The number of nitrogens with zero attached hydrogens (tertiary/aromatic N) is 1. The molecule has 0 aliphatic carbocycles. The van der Waals surface area contributed by atoms with E-state index in [1.165, 1.54) is 5.56 Å². The van der Waals surface area contributed by atoms with Gasteiger partial charge in [-0.1, -0.05) is 44.2 Å². The lowest BCUT2D eigenvalue weighted by Gasteiger charge is -2.42. The van der Waals surface area contributed by atoms with Gasteiger partial charge in [0, 0.05) is 19.6 Å². The molecule has 2 N–H and O–H groups in total. The second-order valence-corrected chi connectivity index (χ2v) is 7.76. The van der Waals surface area contributed by atoms with Gasteiger partial charge in [-0.25, -0.2) is 13.6 Å². The highest BCUT2D eigenvalue weighted by Gasteiger charge is 2.35. The Balaban J connectivity index is 1.62. The zero-order valence-electron chi connectivity index (χ0n) is 15.4. The van der Waals surface area contributed by atoms with Gasteiger partial charge in [0.15, 0.2) is 11.6 Å². The number of hydrogen-bond acceptors (Lipinski definition) is 2. The monoisotopic (exact) mass is 371 g/mol. The summed E-state index contributed by atoms with van der Waals surface area (Å²) in [6.07, 6.45) is 0. The van der Waals surface area contributed by atoms with Gasteiger partial charge in [0.1, 0.15) is 5.52 Å². The molecule has 3 aromatic rings. The van der Waals surface area contributed by atoms with Gasteiger partial charge in [-0.2, -0.15) is 0 Å². The molecule has 142 valence electrons. The van der Waals surface area contributed by atoms with Gasteiger partial charge in [0.25, 0.3) is 0 Å². The second kappa shape index (κ2) is 6.93. The van der Waals surface area contributed by atoms with E-state index in [-0.39, 0.29) is 23.3 Å². The van der Waals surface area contributed by atoms with Crippen LogP contribution in [0.4, 0.5) is 8.78 Å². The Bertz CT molecular complexity index is 999. The van der Waals surface area contributed by atoms with Crippen molar-refractivity contribution in [3.63, 3.8) is 0 Å². The number of halogens is 2. The quantitative estimate of drug-likeness (QED) is 0.731. The van der Waals surface area contributed by atoms with Crippen LogP contribution in [0.5, 0.6) is 0 Å². The van der Waals surface area contributed by atoms with Crippen LogP contribution in [0, 0.1) is 23.5 Å². The predicted molar refractivity (Wildman–Crippen MR) is 102 cm³/mol. The Morgan fingerprint density at radius 3 is 2.37 bits per heavy atom. The van der Waals surface area contributed by atoms with Gasteiger partial charge in [0.05, 0.1) is 5.52 Å². The van der Waals surface area contributed by atoms with Gasteiger partial charge < -0.3 is 9.97 Å².